The van der Waals surface area contributed by atoms with Crippen molar-refractivity contribution in [3.05, 3.63) is 22.7 Å². The lowest BCUT2D eigenvalue weighted by molar-refractivity contribution is -0.125. The lowest BCUT2D eigenvalue weighted by atomic mass is 9.99. The number of fused-ring (bicyclic) bond motifs is 1. The van der Waals surface area contributed by atoms with Crippen LogP contribution in [0.4, 0.5) is 0 Å². The third-order valence-corrected chi connectivity index (χ3v) is 4.60. The molecule has 1 heterocycles. The molecule has 1 aromatic carbocycles. The Hall–Kier alpha value is -2.37. The summed E-state index contributed by atoms with van der Waals surface area (Å²) >= 11 is 0. The molecular formula is C19H26N2O4. The van der Waals surface area contributed by atoms with Gasteiger partial charge >= 0.3 is 0 Å². The molecule has 0 bridgehead atoms. The second kappa shape index (κ2) is 8.65. The predicted octanol–water partition coefficient (Wildman–Crippen LogP) is 1.20. The van der Waals surface area contributed by atoms with Crippen LogP contribution in [0.5, 0.6) is 11.5 Å². The van der Waals surface area contributed by atoms with Crippen molar-refractivity contribution in [3.8, 4) is 11.5 Å². The van der Waals surface area contributed by atoms with Gasteiger partial charge in [0.05, 0.1) is 20.1 Å². The Morgan fingerprint density at radius 1 is 1.20 bits per heavy atom. The quantitative estimate of drug-likeness (QED) is 0.767. The lowest BCUT2D eigenvalue weighted by Gasteiger charge is -2.17. The molecule has 0 aliphatic carbocycles. The van der Waals surface area contributed by atoms with Crippen molar-refractivity contribution >= 4 is 17.9 Å². The Morgan fingerprint density at radius 3 is 2.44 bits per heavy atom. The number of amides is 2. The second-order valence-electron chi connectivity index (χ2n) is 6.05. The number of carbonyl (C=O) groups is 2. The zero-order valence-corrected chi connectivity index (χ0v) is 15.3. The average Bonchev–Trinajstić information content (AvgIpc) is 2.62. The highest BCUT2D eigenvalue weighted by Crippen LogP contribution is 2.15. The summed E-state index contributed by atoms with van der Waals surface area (Å²) in [6.45, 7) is 4.45. The molecule has 2 rings (SSSR count). The lowest BCUT2D eigenvalue weighted by Crippen LogP contribution is -2.37. The molecule has 6 nitrogen and oxygen atoms in total. The molecule has 0 aromatic heterocycles. The van der Waals surface area contributed by atoms with Crippen LogP contribution in [0.1, 0.15) is 33.1 Å². The normalized spacial score (nSPS) is 15.9. The summed E-state index contributed by atoms with van der Waals surface area (Å²) in [6, 6.07) is 3.53. The van der Waals surface area contributed by atoms with Gasteiger partial charge in [0, 0.05) is 17.7 Å². The Balaban J connectivity index is 2.16. The molecule has 1 N–H and O–H groups in total. The number of hydrogen-bond acceptors (Lipinski definition) is 4. The van der Waals surface area contributed by atoms with Gasteiger partial charge in [-0.15, -0.1) is 0 Å². The largest absolute Gasteiger partial charge is 0.496 e. The van der Waals surface area contributed by atoms with Gasteiger partial charge < -0.3 is 14.8 Å². The summed E-state index contributed by atoms with van der Waals surface area (Å²) in [7, 11) is 3.12. The highest BCUT2D eigenvalue weighted by Gasteiger charge is 2.22. The van der Waals surface area contributed by atoms with Gasteiger partial charge in [0.15, 0.2) is 0 Å². The maximum Gasteiger partial charge on any atom is 0.253 e. The fourth-order valence-electron chi connectivity index (χ4n) is 3.02. The summed E-state index contributed by atoms with van der Waals surface area (Å²) in [4.78, 5) is 28.6. The van der Waals surface area contributed by atoms with Crippen LogP contribution in [-0.2, 0) is 9.59 Å². The third-order valence-electron chi connectivity index (χ3n) is 4.60. The zero-order chi connectivity index (χ0) is 18.4. The molecule has 0 fully saturated rings. The van der Waals surface area contributed by atoms with Gasteiger partial charge in [-0.1, -0.05) is 19.9 Å². The SMILES string of the molecule is CCC(CC)C(=O)NCCC1C=c2c(OC)ccc(OC)c2=NC1=O. The summed E-state index contributed by atoms with van der Waals surface area (Å²) in [5.74, 6) is 0.663. The highest BCUT2D eigenvalue weighted by molar-refractivity contribution is 5.87. The molecule has 1 aliphatic heterocycles. The van der Waals surface area contributed by atoms with Crippen LogP contribution >= 0.6 is 0 Å². The zero-order valence-electron chi connectivity index (χ0n) is 15.3. The molecule has 0 saturated heterocycles. The first-order valence-electron chi connectivity index (χ1n) is 8.68. The number of rotatable bonds is 8. The van der Waals surface area contributed by atoms with Gasteiger partial charge in [-0.25, -0.2) is 4.99 Å². The molecule has 25 heavy (non-hydrogen) atoms. The number of benzene rings is 1. The van der Waals surface area contributed by atoms with Crippen LogP contribution < -0.4 is 25.4 Å². The Kier molecular flexibility index (Phi) is 6.56. The van der Waals surface area contributed by atoms with E-state index in [1.165, 1.54) is 0 Å². The topological polar surface area (TPSA) is 77.0 Å². The van der Waals surface area contributed by atoms with Gasteiger partial charge in [-0.05, 0) is 31.4 Å². The molecule has 1 aromatic rings. The molecule has 1 atom stereocenters. The molecule has 2 amide bonds. The van der Waals surface area contributed by atoms with Crippen molar-refractivity contribution < 1.29 is 19.1 Å². The minimum atomic E-state index is -0.379. The van der Waals surface area contributed by atoms with E-state index in [2.05, 4.69) is 10.3 Å². The van der Waals surface area contributed by atoms with Crippen LogP contribution in [0, 0.1) is 11.8 Å². The Labute approximate surface area is 147 Å². The molecule has 0 spiro atoms. The van der Waals surface area contributed by atoms with E-state index < -0.39 is 0 Å². The standard InChI is InChI=1S/C19H26N2O4/c1-5-12(6-2)18(22)20-10-9-13-11-14-15(24-3)7-8-16(25-4)17(14)21-19(13)23/h7-8,11-13H,5-6,9-10H2,1-4H3,(H,20,22). The molecule has 1 unspecified atom stereocenters. The number of hydrogen-bond donors (Lipinski definition) is 1. The van der Waals surface area contributed by atoms with E-state index in [1.54, 1.807) is 26.4 Å². The fourth-order valence-corrected chi connectivity index (χ4v) is 3.02. The van der Waals surface area contributed by atoms with Gasteiger partial charge in [0.2, 0.25) is 5.91 Å². The van der Waals surface area contributed by atoms with E-state index in [0.717, 1.165) is 18.1 Å². The number of methoxy groups -OCH3 is 2. The Morgan fingerprint density at radius 2 is 1.84 bits per heavy atom. The first-order valence-corrected chi connectivity index (χ1v) is 8.68. The van der Waals surface area contributed by atoms with Gasteiger partial charge in [-0.2, -0.15) is 0 Å². The van der Waals surface area contributed by atoms with E-state index in [-0.39, 0.29) is 23.7 Å². The van der Waals surface area contributed by atoms with Crippen molar-refractivity contribution in [1.82, 2.24) is 5.32 Å². The smallest absolute Gasteiger partial charge is 0.253 e. The van der Waals surface area contributed by atoms with Crippen LogP contribution in [0.25, 0.3) is 6.08 Å². The van der Waals surface area contributed by atoms with Crippen molar-refractivity contribution in [2.45, 2.75) is 33.1 Å². The van der Waals surface area contributed by atoms with Crippen LogP contribution in [0.2, 0.25) is 0 Å². The van der Waals surface area contributed by atoms with Crippen LogP contribution in [0.15, 0.2) is 17.1 Å². The molecule has 1 aliphatic rings. The van der Waals surface area contributed by atoms with Gasteiger partial charge in [0.25, 0.3) is 5.91 Å². The first-order chi connectivity index (χ1) is 12.0. The molecular weight excluding hydrogens is 320 g/mol. The monoisotopic (exact) mass is 346 g/mol. The fraction of sp³-hybridized carbons (Fsp3) is 0.526. The molecule has 0 radical (unpaired) electrons. The first kappa shape index (κ1) is 19.0. The van der Waals surface area contributed by atoms with E-state index in [4.69, 9.17) is 9.47 Å². The second-order valence-corrected chi connectivity index (χ2v) is 6.05. The van der Waals surface area contributed by atoms with Crippen molar-refractivity contribution in [2.24, 2.45) is 16.8 Å². The van der Waals surface area contributed by atoms with Gasteiger partial charge in [0.1, 0.15) is 16.9 Å². The number of nitrogens with one attached hydrogen (secondary N) is 1. The predicted molar refractivity (Wildman–Crippen MR) is 95.0 cm³/mol. The van der Waals surface area contributed by atoms with E-state index in [1.807, 2.05) is 19.9 Å². The van der Waals surface area contributed by atoms with E-state index in [9.17, 15) is 9.59 Å². The summed E-state index contributed by atoms with van der Waals surface area (Å²) in [5, 5.41) is 4.18. The highest BCUT2D eigenvalue weighted by atomic mass is 16.5. The minimum Gasteiger partial charge on any atom is -0.496 e. The Bertz CT molecular complexity index is 753. The van der Waals surface area contributed by atoms with Crippen LogP contribution in [-0.4, -0.2) is 32.6 Å². The van der Waals surface area contributed by atoms with Crippen molar-refractivity contribution in [3.63, 3.8) is 0 Å². The minimum absolute atomic E-state index is 0.0285. The molecule has 0 saturated carbocycles. The maximum atomic E-state index is 12.3. The maximum absolute atomic E-state index is 12.3. The summed E-state index contributed by atoms with van der Waals surface area (Å²) in [6.07, 6.45) is 4.00. The summed E-state index contributed by atoms with van der Waals surface area (Å²) in [5.41, 5.74) is 0. The van der Waals surface area contributed by atoms with Gasteiger partial charge in [-0.3, -0.25) is 9.59 Å². The molecule has 6 heteroatoms. The number of carbonyl (C=O) groups excluding carboxylic acids is 2. The van der Waals surface area contributed by atoms with Crippen molar-refractivity contribution in [1.29, 1.82) is 0 Å². The molecule has 136 valence electrons. The average molecular weight is 346 g/mol. The number of ether oxygens (including phenoxy) is 2. The third kappa shape index (κ3) is 4.18. The number of nitrogens with zero attached hydrogens (tertiary/aromatic N) is 1. The van der Waals surface area contributed by atoms with Crippen molar-refractivity contribution in [2.75, 3.05) is 20.8 Å². The summed E-state index contributed by atoms with van der Waals surface area (Å²) < 4.78 is 10.7. The van der Waals surface area contributed by atoms with E-state index >= 15 is 0 Å². The van der Waals surface area contributed by atoms with E-state index in [0.29, 0.717) is 29.8 Å². The van der Waals surface area contributed by atoms with Crippen LogP contribution in [0.3, 0.4) is 0 Å².